The Bertz CT molecular complexity index is 152. The van der Waals surface area contributed by atoms with Gasteiger partial charge in [-0.1, -0.05) is 54.9 Å². The second kappa shape index (κ2) is 5.31. The van der Waals surface area contributed by atoms with E-state index in [1.54, 1.807) is 0 Å². The van der Waals surface area contributed by atoms with Crippen molar-refractivity contribution in [3.63, 3.8) is 0 Å². The minimum absolute atomic E-state index is 0.465. The molecule has 1 unspecified atom stereocenters. The molecule has 0 aliphatic heterocycles. The zero-order valence-electron chi connectivity index (χ0n) is 11.2. The molecule has 0 aromatic carbocycles. The van der Waals surface area contributed by atoms with Gasteiger partial charge in [0.2, 0.25) is 0 Å². The molecule has 0 fully saturated rings. The molecule has 0 heterocycles. The summed E-state index contributed by atoms with van der Waals surface area (Å²) >= 11 is 0. The van der Waals surface area contributed by atoms with E-state index in [-0.39, 0.29) is 0 Å². The van der Waals surface area contributed by atoms with E-state index >= 15 is 0 Å². The van der Waals surface area contributed by atoms with Gasteiger partial charge in [-0.15, -0.1) is 0 Å². The fraction of sp³-hybridized carbons (Fsp3) is 1.00. The summed E-state index contributed by atoms with van der Waals surface area (Å²) in [6.07, 6.45) is 1.31. The van der Waals surface area contributed by atoms with Gasteiger partial charge in [-0.3, -0.25) is 0 Å². The first-order valence-corrected chi connectivity index (χ1v) is 8.35. The third-order valence-electron chi connectivity index (χ3n) is 3.46. The monoisotopic (exact) mass is 215 g/mol. The predicted molar refractivity (Wildman–Crippen MR) is 69.3 cm³/mol. The molecule has 0 bridgehead atoms. The number of rotatable bonds is 5. The van der Waals surface area contributed by atoms with Gasteiger partial charge in [0.25, 0.3) is 0 Å². The van der Waals surface area contributed by atoms with Crippen LogP contribution in [-0.4, -0.2) is 14.8 Å². The van der Waals surface area contributed by atoms with E-state index in [2.05, 4.69) is 53.4 Å². The molecular weight excluding hydrogens is 186 g/mol. The van der Waals surface area contributed by atoms with Gasteiger partial charge in [0.05, 0.1) is 0 Å². The average molecular weight is 215 g/mol. The molecular formula is C12H29NSi. The van der Waals surface area contributed by atoms with Crippen LogP contribution in [0.1, 0.15) is 54.9 Å². The SMILES string of the molecule is CCC[Si](NCC)(C(C)C)C(C)(C)C. The molecule has 14 heavy (non-hydrogen) atoms. The second-order valence-corrected chi connectivity index (χ2v) is 11.1. The molecule has 1 atom stereocenters. The maximum atomic E-state index is 3.88. The predicted octanol–water partition coefficient (Wildman–Crippen LogP) is 4.16. The standard InChI is InChI=1S/C12H29NSi/c1-8-10-14(11(3)4,13-9-2)12(5,6)7/h11,13H,8-10H2,1-7H3. The largest absolute Gasteiger partial charge is 0.337 e. The van der Waals surface area contributed by atoms with E-state index in [1.807, 2.05) is 0 Å². The molecule has 0 amide bonds. The first kappa shape index (κ1) is 14.2. The van der Waals surface area contributed by atoms with Crippen LogP contribution in [-0.2, 0) is 0 Å². The lowest BCUT2D eigenvalue weighted by Gasteiger charge is -2.46. The Hall–Kier alpha value is 0.177. The third-order valence-corrected chi connectivity index (χ3v) is 10.4. The summed E-state index contributed by atoms with van der Waals surface area (Å²) in [5.74, 6) is 0. The Morgan fingerprint density at radius 2 is 1.64 bits per heavy atom. The van der Waals surface area contributed by atoms with E-state index in [1.165, 1.54) is 12.5 Å². The quantitative estimate of drug-likeness (QED) is 0.679. The number of nitrogens with one attached hydrogen (secondary N) is 1. The lowest BCUT2D eigenvalue weighted by molar-refractivity contribution is 0.638. The molecule has 0 aromatic heterocycles. The maximum Gasteiger partial charge on any atom is 0.133 e. The van der Waals surface area contributed by atoms with Gasteiger partial charge in [0.15, 0.2) is 0 Å². The Kier molecular flexibility index (Phi) is 5.38. The van der Waals surface area contributed by atoms with Crippen molar-refractivity contribution in [3.8, 4) is 0 Å². The van der Waals surface area contributed by atoms with Gasteiger partial charge in [0, 0.05) is 0 Å². The molecule has 0 spiro atoms. The smallest absolute Gasteiger partial charge is 0.133 e. The molecule has 86 valence electrons. The van der Waals surface area contributed by atoms with Gasteiger partial charge >= 0.3 is 0 Å². The molecule has 1 N–H and O–H groups in total. The van der Waals surface area contributed by atoms with Crippen molar-refractivity contribution in [3.05, 3.63) is 0 Å². The summed E-state index contributed by atoms with van der Waals surface area (Å²) in [5.41, 5.74) is 0.822. The molecule has 0 rings (SSSR count). The van der Waals surface area contributed by atoms with E-state index in [9.17, 15) is 0 Å². The highest BCUT2D eigenvalue weighted by Crippen LogP contribution is 2.44. The Morgan fingerprint density at radius 3 is 1.86 bits per heavy atom. The zero-order valence-corrected chi connectivity index (χ0v) is 12.2. The van der Waals surface area contributed by atoms with Crippen molar-refractivity contribution in [1.82, 2.24) is 4.98 Å². The topological polar surface area (TPSA) is 12.0 Å². The van der Waals surface area contributed by atoms with Crippen LogP contribution in [0.3, 0.4) is 0 Å². The fourth-order valence-electron chi connectivity index (χ4n) is 2.80. The van der Waals surface area contributed by atoms with Gasteiger partial charge in [-0.25, -0.2) is 0 Å². The summed E-state index contributed by atoms with van der Waals surface area (Å²) in [6, 6.07) is 1.40. The van der Waals surface area contributed by atoms with Gasteiger partial charge in [-0.2, -0.15) is 0 Å². The van der Waals surface area contributed by atoms with E-state index in [0.717, 1.165) is 12.1 Å². The third kappa shape index (κ3) is 2.83. The molecule has 0 radical (unpaired) electrons. The van der Waals surface area contributed by atoms with Crippen LogP contribution in [0.25, 0.3) is 0 Å². The van der Waals surface area contributed by atoms with Gasteiger partial charge < -0.3 is 4.98 Å². The van der Waals surface area contributed by atoms with Crippen LogP contribution in [0.15, 0.2) is 0 Å². The molecule has 1 nitrogen and oxygen atoms in total. The lowest BCUT2D eigenvalue weighted by Crippen LogP contribution is -2.59. The first-order chi connectivity index (χ1) is 6.31. The lowest BCUT2D eigenvalue weighted by atomic mass is 10.2. The summed E-state index contributed by atoms with van der Waals surface area (Å²) in [7, 11) is -1.32. The Labute approximate surface area is 91.8 Å². The normalized spacial score (nSPS) is 17.1. The van der Waals surface area contributed by atoms with Crippen LogP contribution >= 0.6 is 0 Å². The molecule has 0 saturated heterocycles. The van der Waals surface area contributed by atoms with Crippen molar-refractivity contribution >= 4 is 8.24 Å². The van der Waals surface area contributed by atoms with E-state index in [4.69, 9.17) is 0 Å². The van der Waals surface area contributed by atoms with Gasteiger partial charge in [-0.05, 0) is 23.2 Å². The molecule has 0 aliphatic rings. The van der Waals surface area contributed by atoms with E-state index in [0.29, 0.717) is 5.04 Å². The highest BCUT2D eigenvalue weighted by Gasteiger charge is 2.45. The Morgan fingerprint density at radius 1 is 1.14 bits per heavy atom. The highest BCUT2D eigenvalue weighted by molar-refractivity contribution is 6.81. The number of hydrogen-bond donors (Lipinski definition) is 1. The summed E-state index contributed by atoms with van der Waals surface area (Å²) < 4.78 is 0. The van der Waals surface area contributed by atoms with Crippen LogP contribution in [0.4, 0.5) is 0 Å². The van der Waals surface area contributed by atoms with Crippen molar-refractivity contribution in [2.24, 2.45) is 0 Å². The number of hydrogen-bond acceptors (Lipinski definition) is 1. The van der Waals surface area contributed by atoms with Crippen LogP contribution in [0, 0.1) is 0 Å². The van der Waals surface area contributed by atoms with Gasteiger partial charge in [0.1, 0.15) is 8.24 Å². The second-order valence-electron chi connectivity index (χ2n) is 5.66. The van der Waals surface area contributed by atoms with Crippen molar-refractivity contribution in [1.29, 1.82) is 0 Å². The van der Waals surface area contributed by atoms with Crippen molar-refractivity contribution in [2.75, 3.05) is 6.54 Å². The van der Waals surface area contributed by atoms with Crippen LogP contribution in [0.5, 0.6) is 0 Å². The summed E-state index contributed by atoms with van der Waals surface area (Å²) in [5, 5.41) is 0.465. The highest BCUT2D eigenvalue weighted by atomic mass is 28.3. The molecule has 0 aromatic rings. The first-order valence-electron chi connectivity index (χ1n) is 6.06. The summed E-state index contributed by atoms with van der Waals surface area (Å²) in [4.78, 5) is 3.88. The van der Waals surface area contributed by atoms with E-state index < -0.39 is 8.24 Å². The Balaban J connectivity index is 4.94. The molecule has 0 saturated carbocycles. The maximum absolute atomic E-state index is 3.88. The summed E-state index contributed by atoms with van der Waals surface area (Å²) in [6.45, 7) is 17.7. The van der Waals surface area contributed by atoms with Crippen molar-refractivity contribution < 1.29 is 0 Å². The molecule has 2 heteroatoms. The minimum atomic E-state index is -1.32. The zero-order chi connectivity index (χ0) is 11.4. The average Bonchev–Trinajstić information content (AvgIpc) is 2.01. The fourth-order valence-corrected chi connectivity index (χ4v) is 8.39. The van der Waals surface area contributed by atoms with Crippen LogP contribution < -0.4 is 4.98 Å². The molecule has 0 aliphatic carbocycles. The minimum Gasteiger partial charge on any atom is -0.337 e. The van der Waals surface area contributed by atoms with Crippen molar-refractivity contribution in [2.45, 2.75) is 71.5 Å². The van der Waals surface area contributed by atoms with Crippen LogP contribution in [0.2, 0.25) is 16.6 Å².